The number of allylic oxidation sites excluding steroid dienone is 1. The van der Waals surface area contributed by atoms with E-state index in [0.29, 0.717) is 17.2 Å². The number of hydrogen-bond donors (Lipinski definition) is 3. The first-order chi connectivity index (χ1) is 10.6. The van der Waals surface area contributed by atoms with Gasteiger partial charge in [-0.1, -0.05) is 19.1 Å². The van der Waals surface area contributed by atoms with Gasteiger partial charge in [-0.15, -0.1) is 0 Å². The lowest BCUT2D eigenvalue weighted by Crippen LogP contribution is -2.18. The van der Waals surface area contributed by atoms with E-state index in [0.717, 1.165) is 12.0 Å². The van der Waals surface area contributed by atoms with Gasteiger partial charge in [0.15, 0.2) is 23.7 Å². The zero-order valence-electron chi connectivity index (χ0n) is 12.6. The molecule has 2 aliphatic rings. The first-order valence-electron chi connectivity index (χ1n) is 7.32. The van der Waals surface area contributed by atoms with E-state index in [2.05, 4.69) is 13.0 Å². The predicted octanol–water partition coefficient (Wildman–Crippen LogP) is 2.41. The maximum absolute atomic E-state index is 10.2. The minimum absolute atomic E-state index is 0.00110. The molecular weight excluding hydrogens is 284 g/mol. The monoisotopic (exact) mass is 304 g/mol. The summed E-state index contributed by atoms with van der Waals surface area (Å²) in [7, 11) is 1.57. The van der Waals surface area contributed by atoms with Crippen molar-refractivity contribution in [3.63, 3.8) is 0 Å². The number of fused-ring (bicyclic) bond motifs is 1. The lowest BCUT2D eigenvalue weighted by molar-refractivity contribution is 0.0309. The van der Waals surface area contributed by atoms with Gasteiger partial charge in [0.05, 0.1) is 7.11 Å². The Morgan fingerprint density at radius 2 is 2.09 bits per heavy atom. The molecule has 118 valence electrons. The first kappa shape index (κ1) is 14.9. The third-order valence-corrected chi connectivity index (χ3v) is 4.33. The van der Waals surface area contributed by atoms with Crippen LogP contribution in [-0.2, 0) is 4.74 Å². The Labute approximate surface area is 129 Å². The molecule has 5 nitrogen and oxygen atoms in total. The van der Waals surface area contributed by atoms with E-state index in [1.807, 2.05) is 18.2 Å². The lowest BCUT2D eigenvalue weighted by Gasteiger charge is -2.24. The van der Waals surface area contributed by atoms with Crippen molar-refractivity contribution in [2.45, 2.75) is 31.5 Å². The van der Waals surface area contributed by atoms with Crippen LogP contribution in [0, 0.1) is 0 Å². The van der Waals surface area contributed by atoms with Crippen LogP contribution in [-0.4, -0.2) is 35.1 Å². The quantitative estimate of drug-likeness (QED) is 0.799. The zero-order chi connectivity index (χ0) is 15.9. The van der Waals surface area contributed by atoms with Crippen molar-refractivity contribution >= 4 is 6.08 Å². The summed E-state index contributed by atoms with van der Waals surface area (Å²) >= 11 is 0. The predicted molar refractivity (Wildman–Crippen MR) is 81.6 cm³/mol. The van der Waals surface area contributed by atoms with Crippen molar-refractivity contribution in [2.24, 2.45) is 0 Å². The summed E-state index contributed by atoms with van der Waals surface area (Å²) in [6.07, 6.45) is 3.14. The van der Waals surface area contributed by atoms with E-state index in [9.17, 15) is 15.3 Å². The van der Waals surface area contributed by atoms with Gasteiger partial charge in [-0.3, -0.25) is 0 Å². The highest BCUT2D eigenvalue weighted by molar-refractivity contribution is 5.62. The number of aliphatic hydroxyl groups is 3. The van der Waals surface area contributed by atoms with Crippen molar-refractivity contribution in [3.05, 3.63) is 46.4 Å². The molecule has 3 atom stereocenters. The van der Waals surface area contributed by atoms with Gasteiger partial charge in [0.2, 0.25) is 0 Å². The van der Waals surface area contributed by atoms with Crippen molar-refractivity contribution in [2.75, 3.05) is 13.7 Å². The lowest BCUT2D eigenvalue weighted by atomic mass is 9.86. The Balaban J connectivity index is 2.04. The van der Waals surface area contributed by atoms with Crippen molar-refractivity contribution in [1.29, 1.82) is 0 Å². The molecule has 1 heterocycles. The highest BCUT2D eigenvalue weighted by atomic mass is 16.5. The average molecular weight is 304 g/mol. The summed E-state index contributed by atoms with van der Waals surface area (Å²) in [6.45, 7) is 1.70. The molecule has 2 unspecified atom stereocenters. The first-order valence-corrected chi connectivity index (χ1v) is 7.32. The van der Waals surface area contributed by atoms with E-state index in [1.165, 1.54) is 5.56 Å². The van der Waals surface area contributed by atoms with Gasteiger partial charge in [-0.05, 0) is 35.6 Å². The SMILES string of the molecule is COc1cc2c(cc1[C@@H]1OC(CO)=C(O)C1O)C=CCC2C. The molecule has 1 aliphatic carbocycles. The second-order valence-electron chi connectivity index (χ2n) is 5.71. The molecule has 3 N–H and O–H groups in total. The molecule has 0 amide bonds. The minimum Gasteiger partial charge on any atom is -0.506 e. The van der Waals surface area contributed by atoms with E-state index >= 15 is 0 Å². The zero-order valence-corrected chi connectivity index (χ0v) is 12.6. The minimum atomic E-state index is -1.21. The summed E-state index contributed by atoms with van der Waals surface area (Å²) < 4.78 is 11.0. The molecule has 5 heteroatoms. The van der Waals surface area contributed by atoms with Crippen molar-refractivity contribution < 1.29 is 24.8 Å². The molecule has 0 radical (unpaired) electrons. The summed E-state index contributed by atoms with van der Waals surface area (Å²) in [5, 5.41) is 29.2. The van der Waals surface area contributed by atoms with Gasteiger partial charge >= 0.3 is 0 Å². The van der Waals surface area contributed by atoms with Gasteiger partial charge in [-0.25, -0.2) is 0 Å². The summed E-state index contributed by atoms with van der Waals surface area (Å²) in [4.78, 5) is 0. The fourth-order valence-electron chi connectivity index (χ4n) is 3.06. The molecule has 1 aliphatic heterocycles. The number of methoxy groups -OCH3 is 1. The van der Waals surface area contributed by atoms with Gasteiger partial charge in [0.25, 0.3) is 0 Å². The molecule has 0 saturated carbocycles. The Kier molecular flexibility index (Phi) is 3.85. The molecule has 0 aromatic heterocycles. The molecule has 1 aromatic rings. The van der Waals surface area contributed by atoms with E-state index in [4.69, 9.17) is 9.47 Å². The average Bonchev–Trinajstić information content (AvgIpc) is 2.82. The van der Waals surface area contributed by atoms with Gasteiger partial charge in [-0.2, -0.15) is 0 Å². The van der Waals surface area contributed by atoms with Crippen LogP contribution in [0.5, 0.6) is 5.75 Å². The van der Waals surface area contributed by atoms with Gasteiger partial charge in [0, 0.05) is 5.56 Å². The highest BCUT2D eigenvalue weighted by Crippen LogP contribution is 2.42. The summed E-state index contributed by atoms with van der Waals surface area (Å²) in [5.74, 6) is 0.686. The number of ether oxygens (including phenoxy) is 2. The van der Waals surface area contributed by atoms with E-state index in [-0.39, 0.29) is 11.5 Å². The van der Waals surface area contributed by atoms with Gasteiger partial charge < -0.3 is 24.8 Å². The van der Waals surface area contributed by atoms with Crippen LogP contribution in [0.25, 0.3) is 6.08 Å². The molecule has 0 saturated heterocycles. The maximum atomic E-state index is 10.2. The Bertz CT molecular complexity index is 647. The van der Waals surface area contributed by atoms with Crippen molar-refractivity contribution in [1.82, 2.24) is 0 Å². The van der Waals surface area contributed by atoms with Crippen LogP contribution >= 0.6 is 0 Å². The smallest absolute Gasteiger partial charge is 0.165 e. The Morgan fingerprint density at radius 3 is 2.73 bits per heavy atom. The van der Waals surface area contributed by atoms with E-state index in [1.54, 1.807) is 7.11 Å². The fourth-order valence-corrected chi connectivity index (χ4v) is 3.06. The Hall–Kier alpha value is -1.98. The molecule has 0 fully saturated rings. The molecule has 0 spiro atoms. The maximum Gasteiger partial charge on any atom is 0.165 e. The summed E-state index contributed by atoms with van der Waals surface area (Å²) in [5.41, 5.74) is 2.90. The number of rotatable bonds is 3. The van der Waals surface area contributed by atoms with Crippen LogP contribution in [0.4, 0.5) is 0 Å². The summed E-state index contributed by atoms with van der Waals surface area (Å²) in [6, 6.07) is 3.88. The molecule has 1 aromatic carbocycles. The second kappa shape index (κ2) is 5.66. The van der Waals surface area contributed by atoms with Crippen LogP contribution in [0.2, 0.25) is 0 Å². The van der Waals surface area contributed by atoms with Crippen molar-refractivity contribution in [3.8, 4) is 5.75 Å². The van der Waals surface area contributed by atoms with Crippen LogP contribution in [0.1, 0.15) is 42.1 Å². The molecule has 3 rings (SSSR count). The van der Waals surface area contributed by atoms with Gasteiger partial charge in [0.1, 0.15) is 12.4 Å². The second-order valence-corrected chi connectivity index (χ2v) is 5.71. The third-order valence-electron chi connectivity index (χ3n) is 4.33. The van der Waals surface area contributed by atoms with Crippen LogP contribution in [0.3, 0.4) is 0 Å². The number of aliphatic hydroxyl groups excluding tert-OH is 3. The molecular formula is C17H20O5. The molecule has 0 bridgehead atoms. The van der Waals surface area contributed by atoms with E-state index < -0.39 is 18.8 Å². The highest BCUT2D eigenvalue weighted by Gasteiger charge is 2.38. The largest absolute Gasteiger partial charge is 0.506 e. The van der Waals surface area contributed by atoms with Crippen LogP contribution < -0.4 is 4.74 Å². The third kappa shape index (κ3) is 2.26. The van der Waals surface area contributed by atoms with Crippen LogP contribution in [0.15, 0.2) is 29.7 Å². The Morgan fingerprint density at radius 1 is 1.32 bits per heavy atom. The standard InChI is InChI=1S/C17H20O5/c1-9-4-3-5-10-6-12(13(21-2)7-11(9)10)17-16(20)15(19)14(8-18)22-17/h3,5-7,9,16-20H,4,8H2,1-2H3/t9?,16?,17-/m0/s1. The number of hydrogen-bond acceptors (Lipinski definition) is 5. The molecule has 22 heavy (non-hydrogen) atoms. The topological polar surface area (TPSA) is 79.2 Å². The fraction of sp³-hybridized carbons (Fsp3) is 0.412. The normalized spacial score (nSPS) is 26.8. The number of benzene rings is 1.